The van der Waals surface area contributed by atoms with Crippen molar-refractivity contribution < 1.29 is 29.0 Å². The zero-order valence-corrected chi connectivity index (χ0v) is 24.6. The van der Waals surface area contributed by atoms with Crippen molar-refractivity contribution >= 4 is 68.1 Å². The van der Waals surface area contributed by atoms with Gasteiger partial charge in [-0.1, -0.05) is 39.7 Å². The predicted molar refractivity (Wildman–Crippen MR) is 160 cm³/mol. The number of aryl methyl sites for hydroxylation is 1. The molecule has 0 radical (unpaired) electrons. The number of hydrogen-bond donors (Lipinski definition) is 2. The number of hydrogen-bond acceptors (Lipinski definition) is 7. The number of rotatable bonds is 8. The lowest BCUT2D eigenvalue weighted by molar-refractivity contribution is -0.121. The summed E-state index contributed by atoms with van der Waals surface area (Å²) in [6.07, 6.45) is 1.70. The van der Waals surface area contributed by atoms with Gasteiger partial charge in [0.05, 0.1) is 23.3 Å². The van der Waals surface area contributed by atoms with Gasteiger partial charge >= 0.3 is 5.97 Å². The number of halogens is 1. The molecule has 1 saturated heterocycles. The molecule has 206 valence electrons. The summed E-state index contributed by atoms with van der Waals surface area (Å²) in [7, 11) is 3.10. The summed E-state index contributed by atoms with van der Waals surface area (Å²) in [5.74, 6) is -0.872. The maximum atomic E-state index is 13.0. The number of anilines is 1. The minimum atomic E-state index is -1.04. The summed E-state index contributed by atoms with van der Waals surface area (Å²) in [5.41, 5.74) is 3.55. The fraction of sp³-hybridized carbons (Fsp3) is 0.172. The van der Waals surface area contributed by atoms with Gasteiger partial charge in [0.2, 0.25) is 0 Å². The third kappa shape index (κ3) is 6.54. The number of carboxylic acid groups (broad SMARTS) is 1. The summed E-state index contributed by atoms with van der Waals surface area (Å²) in [6, 6.07) is 15.7. The summed E-state index contributed by atoms with van der Waals surface area (Å²) >= 11 is 4.70. The maximum absolute atomic E-state index is 13.0. The van der Waals surface area contributed by atoms with Crippen LogP contribution in [0.1, 0.15) is 27.0 Å². The van der Waals surface area contributed by atoms with Crippen molar-refractivity contribution in [2.75, 3.05) is 26.1 Å². The Morgan fingerprint density at radius 3 is 2.52 bits per heavy atom. The Bertz CT molecular complexity index is 1550. The van der Waals surface area contributed by atoms with E-state index < -0.39 is 5.97 Å². The SMILES string of the molecule is COc1cc(/C=C2\SC(=Nc3cccc(C(=O)O)c3C)N(C)C2=O)c(Br)cc1OCC(=O)Nc1ccc(C)cc1. The van der Waals surface area contributed by atoms with E-state index in [9.17, 15) is 19.5 Å². The van der Waals surface area contributed by atoms with Crippen LogP contribution in [0.3, 0.4) is 0 Å². The first-order chi connectivity index (χ1) is 19.1. The van der Waals surface area contributed by atoms with Crippen molar-refractivity contribution in [1.82, 2.24) is 4.90 Å². The Morgan fingerprint density at radius 1 is 1.12 bits per heavy atom. The van der Waals surface area contributed by atoms with Crippen molar-refractivity contribution in [3.63, 3.8) is 0 Å². The summed E-state index contributed by atoms with van der Waals surface area (Å²) in [4.78, 5) is 43.2. The second-order valence-corrected chi connectivity index (χ2v) is 10.7. The molecule has 3 aromatic rings. The third-order valence-electron chi connectivity index (χ3n) is 6.02. The van der Waals surface area contributed by atoms with Gasteiger partial charge < -0.3 is 19.9 Å². The molecule has 1 aliphatic rings. The first-order valence-electron chi connectivity index (χ1n) is 12.0. The molecule has 9 nitrogen and oxygen atoms in total. The van der Waals surface area contributed by atoms with E-state index in [0.29, 0.717) is 48.5 Å². The minimum Gasteiger partial charge on any atom is -0.493 e. The van der Waals surface area contributed by atoms with Crippen LogP contribution in [0.15, 0.2) is 69.0 Å². The number of amides is 2. The lowest BCUT2D eigenvalue weighted by Crippen LogP contribution is -2.23. The average Bonchev–Trinajstić information content (AvgIpc) is 3.18. The Balaban J connectivity index is 1.52. The second kappa shape index (κ2) is 12.4. The third-order valence-corrected chi connectivity index (χ3v) is 7.77. The van der Waals surface area contributed by atoms with E-state index in [4.69, 9.17) is 9.47 Å². The van der Waals surface area contributed by atoms with Crippen LogP contribution in [0.25, 0.3) is 6.08 Å². The minimum absolute atomic E-state index is 0.153. The monoisotopic (exact) mass is 623 g/mol. The summed E-state index contributed by atoms with van der Waals surface area (Å²) in [5, 5.41) is 12.6. The Labute approximate surface area is 244 Å². The van der Waals surface area contributed by atoms with Gasteiger partial charge in [-0.05, 0) is 79.2 Å². The molecule has 2 N–H and O–H groups in total. The van der Waals surface area contributed by atoms with Crippen molar-refractivity contribution in [1.29, 1.82) is 0 Å². The topological polar surface area (TPSA) is 118 Å². The molecule has 4 rings (SSSR count). The number of nitrogens with one attached hydrogen (secondary N) is 1. The molecule has 0 atom stereocenters. The van der Waals surface area contributed by atoms with Crippen molar-refractivity contribution in [2.45, 2.75) is 13.8 Å². The van der Waals surface area contributed by atoms with Gasteiger partial charge in [-0.2, -0.15) is 0 Å². The molecule has 0 saturated carbocycles. The number of benzene rings is 3. The number of likely N-dealkylation sites (N-methyl/N-ethyl adjacent to an activating group) is 1. The highest BCUT2D eigenvalue weighted by Crippen LogP contribution is 2.38. The van der Waals surface area contributed by atoms with Crippen molar-refractivity contribution in [2.24, 2.45) is 4.99 Å². The van der Waals surface area contributed by atoms with Crippen LogP contribution in [0.2, 0.25) is 0 Å². The second-order valence-electron chi connectivity index (χ2n) is 8.85. The molecule has 1 fully saturated rings. The van der Waals surface area contributed by atoms with E-state index in [1.807, 2.05) is 31.2 Å². The summed E-state index contributed by atoms with van der Waals surface area (Å²) < 4.78 is 11.8. The quantitative estimate of drug-likeness (QED) is 0.294. The Hall–Kier alpha value is -4.09. The normalized spacial score (nSPS) is 15.0. The van der Waals surface area contributed by atoms with Crippen LogP contribution in [0.4, 0.5) is 11.4 Å². The summed E-state index contributed by atoms with van der Waals surface area (Å²) in [6.45, 7) is 3.42. The lowest BCUT2D eigenvalue weighted by Gasteiger charge is -2.13. The number of carbonyl (C=O) groups is 3. The number of amidine groups is 1. The molecule has 1 aliphatic heterocycles. The van der Waals surface area contributed by atoms with Crippen LogP contribution in [0.5, 0.6) is 11.5 Å². The van der Waals surface area contributed by atoms with Gasteiger partial charge in [-0.15, -0.1) is 0 Å². The molecule has 1 heterocycles. The highest BCUT2D eigenvalue weighted by atomic mass is 79.9. The molecule has 11 heteroatoms. The number of aromatic carboxylic acids is 1. The average molecular weight is 625 g/mol. The molecule has 40 heavy (non-hydrogen) atoms. The first kappa shape index (κ1) is 28.9. The lowest BCUT2D eigenvalue weighted by atomic mass is 10.1. The number of aliphatic imine (C=N–C) groups is 1. The van der Waals surface area contributed by atoms with Gasteiger partial charge in [0.15, 0.2) is 23.3 Å². The zero-order chi connectivity index (χ0) is 29.0. The van der Waals surface area contributed by atoms with Gasteiger partial charge in [0.25, 0.3) is 11.8 Å². The number of thioether (sulfide) groups is 1. The first-order valence-corrected chi connectivity index (χ1v) is 13.6. The van der Waals surface area contributed by atoms with E-state index >= 15 is 0 Å². The number of carboxylic acids is 1. The number of ether oxygens (including phenoxy) is 2. The molecular weight excluding hydrogens is 598 g/mol. The molecule has 0 spiro atoms. The van der Waals surface area contributed by atoms with Gasteiger partial charge in [-0.3, -0.25) is 14.5 Å². The number of methoxy groups -OCH3 is 1. The standard InChI is InChI=1S/C29H26BrN3O6S/c1-16-8-10-19(11-9-16)31-26(34)15-39-24-14-21(30)18(12-23(24)38-4)13-25-27(35)33(3)29(40-25)32-22-7-5-6-20(17(22)2)28(36)37/h5-14H,15H2,1-4H3,(H,31,34)(H,36,37)/b25-13-,32-29?. The number of carbonyl (C=O) groups excluding carboxylic acids is 2. The van der Waals surface area contributed by atoms with Crippen molar-refractivity contribution in [3.8, 4) is 11.5 Å². The Morgan fingerprint density at radius 2 is 1.85 bits per heavy atom. The van der Waals surface area contributed by atoms with Gasteiger partial charge in [0, 0.05) is 17.2 Å². The van der Waals surface area contributed by atoms with Crippen LogP contribution >= 0.6 is 27.7 Å². The maximum Gasteiger partial charge on any atom is 0.336 e. The van der Waals surface area contributed by atoms with Crippen LogP contribution in [0, 0.1) is 13.8 Å². The van der Waals surface area contributed by atoms with E-state index in [-0.39, 0.29) is 24.0 Å². The zero-order valence-electron chi connectivity index (χ0n) is 22.1. The van der Waals surface area contributed by atoms with Gasteiger partial charge in [0.1, 0.15) is 0 Å². The largest absolute Gasteiger partial charge is 0.493 e. The van der Waals surface area contributed by atoms with Crippen LogP contribution < -0.4 is 14.8 Å². The van der Waals surface area contributed by atoms with Crippen molar-refractivity contribution in [3.05, 3.63) is 86.2 Å². The molecule has 0 bridgehead atoms. The highest BCUT2D eigenvalue weighted by Gasteiger charge is 2.31. The fourth-order valence-electron chi connectivity index (χ4n) is 3.78. The van der Waals surface area contributed by atoms with E-state index in [1.165, 1.54) is 29.8 Å². The van der Waals surface area contributed by atoms with E-state index in [1.54, 1.807) is 44.3 Å². The van der Waals surface area contributed by atoms with E-state index in [0.717, 1.165) is 5.56 Å². The van der Waals surface area contributed by atoms with Gasteiger partial charge in [-0.25, -0.2) is 9.79 Å². The molecule has 3 aromatic carbocycles. The number of nitrogens with zero attached hydrogens (tertiary/aromatic N) is 2. The van der Waals surface area contributed by atoms with E-state index in [2.05, 4.69) is 26.2 Å². The van der Waals surface area contributed by atoms with Crippen LogP contribution in [-0.4, -0.2) is 53.7 Å². The molecule has 0 aromatic heterocycles. The molecule has 2 amide bonds. The fourth-order valence-corrected chi connectivity index (χ4v) is 5.19. The predicted octanol–water partition coefficient (Wildman–Crippen LogP) is 6.02. The molecule has 0 unspecified atom stereocenters. The highest BCUT2D eigenvalue weighted by molar-refractivity contribution is 9.10. The smallest absolute Gasteiger partial charge is 0.336 e. The van der Waals surface area contributed by atoms with Crippen LogP contribution in [-0.2, 0) is 9.59 Å². The Kier molecular flexibility index (Phi) is 8.96. The molecule has 0 aliphatic carbocycles. The molecular formula is C29H26BrN3O6S.